The first-order chi connectivity index (χ1) is 8.56. The molecule has 1 atom stereocenters. The summed E-state index contributed by atoms with van der Waals surface area (Å²) in [4.78, 5) is 0. The highest BCUT2D eigenvalue weighted by Crippen LogP contribution is 2.22. The molecule has 0 saturated carbocycles. The summed E-state index contributed by atoms with van der Waals surface area (Å²) in [5, 5.41) is 16.9. The fraction of sp³-hybridized carbons (Fsp3) is 0.333. The van der Waals surface area contributed by atoms with Crippen molar-refractivity contribution in [2.24, 2.45) is 7.05 Å². The average molecular weight is 251 g/mol. The van der Waals surface area contributed by atoms with E-state index in [2.05, 4.69) is 10.3 Å². The van der Waals surface area contributed by atoms with Crippen LogP contribution in [0.5, 0.6) is 5.75 Å². The van der Waals surface area contributed by atoms with Crippen molar-refractivity contribution in [1.29, 1.82) is 0 Å². The zero-order valence-electron chi connectivity index (χ0n) is 10.2. The van der Waals surface area contributed by atoms with E-state index in [9.17, 15) is 9.50 Å². The van der Waals surface area contributed by atoms with Gasteiger partial charge < -0.3 is 9.84 Å². The third-order valence-electron chi connectivity index (χ3n) is 2.46. The van der Waals surface area contributed by atoms with Gasteiger partial charge in [-0.2, -0.15) is 0 Å². The second kappa shape index (κ2) is 5.14. The van der Waals surface area contributed by atoms with Crippen molar-refractivity contribution >= 4 is 0 Å². The van der Waals surface area contributed by atoms with Gasteiger partial charge in [0, 0.05) is 18.7 Å². The quantitative estimate of drug-likeness (QED) is 0.896. The van der Waals surface area contributed by atoms with Crippen molar-refractivity contribution in [3.63, 3.8) is 0 Å². The Balaban J connectivity index is 2.04. The summed E-state index contributed by atoms with van der Waals surface area (Å²) in [5.41, 5.74) is 0.916. The molecule has 2 aromatic rings. The SMILES string of the molecule is C[C@H](O)c1ccc(OCc2cn(C)nn2)cc1F. The van der Waals surface area contributed by atoms with Crippen LogP contribution in [0.1, 0.15) is 24.3 Å². The maximum Gasteiger partial charge on any atom is 0.134 e. The van der Waals surface area contributed by atoms with Crippen molar-refractivity contribution in [2.75, 3.05) is 0 Å². The number of aliphatic hydroxyl groups excluding tert-OH is 1. The molecule has 0 bridgehead atoms. The molecular formula is C12H14FN3O2. The predicted octanol–water partition coefficient (Wildman–Crippen LogP) is 1.59. The summed E-state index contributed by atoms with van der Waals surface area (Å²) in [6.07, 6.45) is 0.889. The van der Waals surface area contributed by atoms with Gasteiger partial charge in [-0.1, -0.05) is 5.21 Å². The second-order valence-electron chi connectivity index (χ2n) is 4.03. The smallest absolute Gasteiger partial charge is 0.134 e. The molecule has 18 heavy (non-hydrogen) atoms. The minimum absolute atomic E-state index is 0.224. The molecule has 0 aliphatic carbocycles. The van der Waals surface area contributed by atoms with Gasteiger partial charge in [0.25, 0.3) is 0 Å². The van der Waals surface area contributed by atoms with Crippen LogP contribution in [0.4, 0.5) is 4.39 Å². The summed E-state index contributed by atoms with van der Waals surface area (Å²) < 4.78 is 20.5. The van der Waals surface area contributed by atoms with Crippen molar-refractivity contribution in [1.82, 2.24) is 15.0 Å². The zero-order chi connectivity index (χ0) is 13.1. The topological polar surface area (TPSA) is 60.2 Å². The standard InChI is InChI=1S/C12H14FN3O2/c1-8(17)11-4-3-10(5-12(11)13)18-7-9-6-16(2)15-14-9/h3-6,8,17H,7H2,1-2H3/t8-/m0/s1. The minimum atomic E-state index is -0.834. The first-order valence-electron chi connectivity index (χ1n) is 5.52. The molecule has 0 spiro atoms. The lowest BCUT2D eigenvalue weighted by atomic mass is 10.1. The number of nitrogens with zero attached hydrogens (tertiary/aromatic N) is 3. The van der Waals surface area contributed by atoms with Gasteiger partial charge in [0.2, 0.25) is 0 Å². The molecule has 0 aliphatic rings. The van der Waals surface area contributed by atoms with Crippen LogP contribution in [-0.2, 0) is 13.7 Å². The fourth-order valence-corrected chi connectivity index (χ4v) is 1.56. The number of hydrogen-bond donors (Lipinski definition) is 1. The number of benzene rings is 1. The van der Waals surface area contributed by atoms with Crippen molar-refractivity contribution in [3.05, 3.63) is 41.5 Å². The van der Waals surface area contributed by atoms with Gasteiger partial charge in [-0.3, -0.25) is 4.68 Å². The molecule has 0 fully saturated rings. The molecule has 1 aromatic heterocycles. The molecule has 0 radical (unpaired) electrons. The van der Waals surface area contributed by atoms with Crippen LogP contribution in [0.15, 0.2) is 24.4 Å². The molecule has 1 heterocycles. The maximum absolute atomic E-state index is 13.6. The molecule has 2 rings (SSSR count). The van der Waals surface area contributed by atoms with Gasteiger partial charge in [-0.15, -0.1) is 5.10 Å². The van der Waals surface area contributed by atoms with Crippen molar-refractivity contribution in [3.8, 4) is 5.75 Å². The summed E-state index contributed by atoms with van der Waals surface area (Å²) in [7, 11) is 1.76. The highest BCUT2D eigenvalue weighted by atomic mass is 19.1. The molecule has 96 valence electrons. The maximum atomic E-state index is 13.6. The van der Waals surface area contributed by atoms with Crippen LogP contribution in [0, 0.1) is 5.82 Å². The predicted molar refractivity (Wildman–Crippen MR) is 62.4 cm³/mol. The Morgan fingerprint density at radius 3 is 2.83 bits per heavy atom. The fourth-order valence-electron chi connectivity index (χ4n) is 1.56. The van der Waals surface area contributed by atoms with Crippen LogP contribution in [0.2, 0.25) is 0 Å². The number of aromatic nitrogens is 3. The first-order valence-corrected chi connectivity index (χ1v) is 5.52. The molecule has 1 aromatic carbocycles. The second-order valence-corrected chi connectivity index (χ2v) is 4.03. The summed E-state index contributed by atoms with van der Waals surface area (Å²) in [6, 6.07) is 4.37. The number of hydrogen-bond acceptors (Lipinski definition) is 4. The normalized spacial score (nSPS) is 12.4. The molecular weight excluding hydrogens is 237 g/mol. The van der Waals surface area contributed by atoms with Crippen LogP contribution in [-0.4, -0.2) is 20.1 Å². The Hall–Kier alpha value is -1.95. The van der Waals surface area contributed by atoms with E-state index in [1.165, 1.54) is 19.1 Å². The minimum Gasteiger partial charge on any atom is -0.487 e. The van der Waals surface area contributed by atoms with Crippen LogP contribution in [0.3, 0.4) is 0 Å². The van der Waals surface area contributed by atoms with E-state index in [1.54, 1.807) is 24.0 Å². The first kappa shape index (κ1) is 12.5. The molecule has 0 amide bonds. The Morgan fingerprint density at radius 2 is 2.28 bits per heavy atom. The number of halogens is 1. The number of ether oxygens (including phenoxy) is 1. The highest BCUT2D eigenvalue weighted by molar-refractivity contribution is 5.30. The summed E-state index contributed by atoms with van der Waals surface area (Å²) in [6.45, 7) is 1.74. The largest absolute Gasteiger partial charge is 0.487 e. The van der Waals surface area contributed by atoms with E-state index in [-0.39, 0.29) is 12.2 Å². The Kier molecular flexibility index (Phi) is 3.57. The highest BCUT2D eigenvalue weighted by Gasteiger charge is 2.09. The van der Waals surface area contributed by atoms with Gasteiger partial charge in [0.1, 0.15) is 23.9 Å². The molecule has 0 aliphatic heterocycles. The van der Waals surface area contributed by atoms with Crippen molar-refractivity contribution in [2.45, 2.75) is 19.6 Å². The molecule has 0 saturated heterocycles. The van der Waals surface area contributed by atoms with Gasteiger partial charge >= 0.3 is 0 Å². The Labute approximate surface area is 104 Å². The van der Waals surface area contributed by atoms with Crippen LogP contribution >= 0.6 is 0 Å². The van der Waals surface area contributed by atoms with Crippen molar-refractivity contribution < 1.29 is 14.2 Å². The molecule has 6 heteroatoms. The van der Waals surface area contributed by atoms with E-state index in [0.29, 0.717) is 11.4 Å². The number of rotatable bonds is 4. The van der Waals surface area contributed by atoms with Crippen LogP contribution in [0.25, 0.3) is 0 Å². The van der Waals surface area contributed by atoms with Gasteiger partial charge in [-0.25, -0.2) is 4.39 Å². The number of aryl methyl sites for hydroxylation is 1. The van der Waals surface area contributed by atoms with E-state index in [4.69, 9.17) is 4.74 Å². The number of aliphatic hydroxyl groups is 1. The van der Waals surface area contributed by atoms with E-state index >= 15 is 0 Å². The van der Waals surface area contributed by atoms with E-state index in [0.717, 1.165) is 0 Å². The third kappa shape index (κ3) is 2.84. The third-order valence-corrected chi connectivity index (χ3v) is 2.46. The molecule has 0 unspecified atom stereocenters. The lowest BCUT2D eigenvalue weighted by Gasteiger charge is -2.09. The monoisotopic (exact) mass is 251 g/mol. The summed E-state index contributed by atoms with van der Waals surface area (Å²) >= 11 is 0. The molecule has 1 N–H and O–H groups in total. The Morgan fingerprint density at radius 1 is 1.50 bits per heavy atom. The van der Waals surface area contributed by atoms with Crippen LogP contribution < -0.4 is 4.74 Å². The lowest BCUT2D eigenvalue weighted by Crippen LogP contribution is -1.99. The molecule has 5 nitrogen and oxygen atoms in total. The van der Waals surface area contributed by atoms with E-state index < -0.39 is 11.9 Å². The van der Waals surface area contributed by atoms with Gasteiger partial charge in [0.15, 0.2) is 0 Å². The summed E-state index contributed by atoms with van der Waals surface area (Å²) in [5.74, 6) is -0.0933. The zero-order valence-corrected chi connectivity index (χ0v) is 10.2. The van der Waals surface area contributed by atoms with Gasteiger partial charge in [0.05, 0.1) is 12.3 Å². The van der Waals surface area contributed by atoms with E-state index in [1.807, 2.05) is 0 Å². The van der Waals surface area contributed by atoms with Gasteiger partial charge in [-0.05, 0) is 19.1 Å². The average Bonchev–Trinajstić information content (AvgIpc) is 2.72. The lowest BCUT2D eigenvalue weighted by molar-refractivity contribution is 0.193. The Bertz CT molecular complexity index is 540.